The SMILES string of the molecule is N#Cc1cccc(NC(=O)Nc2ccc(F)cc2C#N)c1. The van der Waals surface area contributed by atoms with E-state index in [0.717, 1.165) is 12.1 Å². The van der Waals surface area contributed by atoms with Crippen molar-refractivity contribution in [3.63, 3.8) is 0 Å². The van der Waals surface area contributed by atoms with Gasteiger partial charge in [-0.25, -0.2) is 9.18 Å². The molecule has 0 unspecified atom stereocenters. The summed E-state index contributed by atoms with van der Waals surface area (Å²) in [5.74, 6) is -0.556. The summed E-state index contributed by atoms with van der Waals surface area (Å²) in [6, 6.07) is 13.0. The Bertz CT molecular complexity index is 774. The number of hydrogen-bond donors (Lipinski definition) is 2. The monoisotopic (exact) mass is 280 g/mol. The van der Waals surface area contributed by atoms with E-state index >= 15 is 0 Å². The van der Waals surface area contributed by atoms with Crippen molar-refractivity contribution in [2.75, 3.05) is 10.6 Å². The second-order valence-corrected chi connectivity index (χ2v) is 4.07. The molecule has 0 saturated heterocycles. The van der Waals surface area contributed by atoms with Gasteiger partial charge in [0.2, 0.25) is 0 Å². The molecule has 2 aromatic carbocycles. The molecule has 0 aliphatic rings. The van der Waals surface area contributed by atoms with Gasteiger partial charge < -0.3 is 10.6 Å². The second kappa shape index (κ2) is 6.18. The van der Waals surface area contributed by atoms with Gasteiger partial charge in [-0.05, 0) is 36.4 Å². The molecule has 0 atom stereocenters. The fourth-order valence-electron chi connectivity index (χ4n) is 1.67. The number of carbonyl (C=O) groups excluding carboxylic acids is 1. The topological polar surface area (TPSA) is 88.7 Å². The van der Waals surface area contributed by atoms with E-state index < -0.39 is 11.8 Å². The summed E-state index contributed by atoms with van der Waals surface area (Å²) in [4.78, 5) is 11.8. The normalized spacial score (nSPS) is 9.29. The van der Waals surface area contributed by atoms with Crippen LogP contribution in [0, 0.1) is 28.5 Å². The average Bonchev–Trinajstić information content (AvgIpc) is 2.49. The van der Waals surface area contributed by atoms with Gasteiger partial charge in [0, 0.05) is 5.69 Å². The van der Waals surface area contributed by atoms with Crippen LogP contribution in [0.3, 0.4) is 0 Å². The zero-order valence-corrected chi connectivity index (χ0v) is 10.7. The molecule has 6 heteroatoms. The Morgan fingerprint density at radius 2 is 1.86 bits per heavy atom. The zero-order chi connectivity index (χ0) is 15.2. The molecule has 0 heterocycles. The number of hydrogen-bond acceptors (Lipinski definition) is 3. The van der Waals surface area contributed by atoms with E-state index in [9.17, 15) is 9.18 Å². The Labute approximate surface area is 120 Å². The number of carbonyl (C=O) groups is 1. The Morgan fingerprint density at radius 3 is 2.57 bits per heavy atom. The Balaban J connectivity index is 2.12. The van der Waals surface area contributed by atoms with Crippen molar-refractivity contribution in [2.45, 2.75) is 0 Å². The van der Waals surface area contributed by atoms with Gasteiger partial charge in [-0.1, -0.05) is 6.07 Å². The van der Waals surface area contributed by atoms with Gasteiger partial charge >= 0.3 is 6.03 Å². The molecule has 0 saturated carbocycles. The summed E-state index contributed by atoms with van der Waals surface area (Å²) in [5.41, 5.74) is 1.07. The zero-order valence-electron chi connectivity index (χ0n) is 10.7. The summed E-state index contributed by atoms with van der Waals surface area (Å²) in [5, 5.41) is 22.6. The van der Waals surface area contributed by atoms with Crippen molar-refractivity contribution in [3.8, 4) is 12.1 Å². The molecule has 0 fully saturated rings. The van der Waals surface area contributed by atoms with Crippen LogP contribution in [0.5, 0.6) is 0 Å². The summed E-state index contributed by atoms with van der Waals surface area (Å²) >= 11 is 0. The highest BCUT2D eigenvalue weighted by Gasteiger charge is 2.08. The van der Waals surface area contributed by atoms with Gasteiger partial charge in [0.15, 0.2) is 0 Å². The third-order valence-electron chi connectivity index (χ3n) is 2.60. The summed E-state index contributed by atoms with van der Waals surface area (Å²) in [6.07, 6.45) is 0. The summed E-state index contributed by atoms with van der Waals surface area (Å²) < 4.78 is 13.0. The van der Waals surface area contributed by atoms with E-state index in [1.807, 2.05) is 6.07 Å². The summed E-state index contributed by atoms with van der Waals surface area (Å²) in [6.45, 7) is 0. The minimum absolute atomic E-state index is 0.0240. The Hall–Kier alpha value is -3.38. The molecule has 0 radical (unpaired) electrons. The molecule has 102 valence electrons. The molecule has 2 rings (SSSR count). The highest BCUT2D eigenvalue weighted by molar-refractivity contribution is 6.00. The van der Waals surface area contributed by atoms with Crippen LogP contribution in [0.25, 0.3) is 0 Å². The fourth-order valence-corrected chi connectivity index (χ4v) is 1.67. The number of anilines is 2. The minimum Gasteiger partial charge on any atom is -0.308 e. The van der Waals surface area contributed by atoms with Crippen LogP contribution in [-0.4, -0.2) is 6.03 Å². The molecule has 0 aliphatic heterocycles. The number of halogens is 1. The lowest BCUT2D eigenvalue weighted by molar-refractivity contribution is 0.262. The molecule has 5 nitrogen and oxygen atoms in total. The Morgan fingerprint density at radius 1 is 1.05 bits per heavy atom. The highest BCUT2D eigenvalue weighted by atomic mass is 19.1. The first-order valence-corrected chi connectivity index (χ1v) is 5.90. The van der Waals surface area contributed by atoms with Crippen LogP contribution in [0.2, 0.25) is 0 Å². The number of nitriles is 2. The van der Waals surface area contributed by atoms with Crippen molar-refractivity contribution in [1.82, 2.24) is 0 Å². The first-order valence-electron chi connectivity index (χ1n) is 5.90. The van der Waals surface area contributed by atoms with Gasteiger partial charge in [0.25, 0.3) is 0 Å². The second-order valence-electron chi connectivity index (χ2n) is 4.07. The lowest BCUT2D eigenvalue weighted by Crippen LogP contribution is -2.20. The predicted molar refractivity (Wildman–Crippen MR) is 74.9 cm³/mol. The quantitative estimate of drug-likeness (QED) is 0.885. The molecule has 2 aromatic rings. The van der Waals surface area contributed by atoms with E-state index in [0.29, 0.717) is 11.3 Å². The van der Waals surface area contributed by atoms with E-state index in [-0.39, 0.29) is 11.3 Å². The van der Waals surface area contributed by atoms with Gasteiger partial charge in [0.05, 0.1) is 22.9 Å². The maximum absolute atomic E-state index is 13.0. The molecule has 2 amide bonds. The lowest BCUT2D eigenvalue weighted by atomic mass is 10.2. The third kappa shape index (κ3) is 3.55. The summed E-state index contributed by atoms with van der Waals surface area (Å²) in [7, 11) is 0. The Kier molecular flexibility index (Phi) is 4.13. The first kappa shape index (κ1) is 14.0. The number of nitrogens with zero attached hydrogens (tertiary/aromatic N) is 2. The first-order chi connectivity index (χ1) is 10.1. The van der Waals surface area contributed by atoms with Crippen LogP contribution < -0.4 is 10.6 Å². The van der Waals surface area contributed by atoms with Crippen LogP contribution in [0.4, 0.5) is 20.6 Å². The number of benzene rings is 2. The van der Waals surface area contributed by atoms with Gasteiger partial charge in [-0.3, -0.25) is 0 Å². The molecule has 0 aromatic heterocycles. The standard InChI is InChI=1S/C15H9FN4O/c16-12-4-5-14(11(7-12)9-18)20-15(21)19-13-3-1-2-10(6-13)8-17/h1-7H,(H2,19,20,21). The highest BCUT2D eigenvalue weighted by Crippen LogP contribution is 2.17. The maximum atomic E-state index is 13.0. The smallest absolute Gasteiger partial charge is 0.308 e. The molecule has 0 aliphatic carbocycles. The molecule has 0 bridgehead atoms. The van der Waals surface area contributed by atoms with Crippen molar-refractivity contribution in [3.05, 3.63) is 59.4 Å². The van der Waals surface area contributed by atoms with Gasteiger partial charge in [-0.15, -0.1) is 0 Å². The molecule has 21 heavy (non-hydrogen) atoms. The van der Waals surface area contributed by atoms with Crippen LogP contribution in [0.1, 0.15) is 11.1 Å². The van der Waals surface area contributed by atoms with E-state index in [1.54, 1.807) is 24.3 Å². The average molecular weight is 280 g/mol. The molecular formula is C15H9FN4O. The number of amides is 2. The van der Waals surface area contributed by atoms with Crippen LogP contribution in [0.15, 0.2) is 42.5 Å². The molecule has 0 spiro atoms. The maximum Gasteiger partial charge on any atom is 0.323 e. The lowest BCUT2D eigenvalue weighted by Gasteiger charge is -2.09. The van der Waals surface area contributed by atoms with Crippen LogP contribution >= 0.6 is 0 Å². The van der Waals surface area contributed by atoms with E-state index in [4.69, 9.17) is 10.5 Å². The number of urea groups is 1. The molecular weight excluding hydrogens is 271 g/mol. The number of nitrogens with one attached hydrogen (secondary N) is 2. The largest absolute Gasteiger partial charge is 0.323 e. The molecule has 2 N–H and O–H groups in total. The van der Waals surface area contributed by atoms with Gasteiger partial charge in [-0.2, -0.15) is 10.5 Å². The minimum atomic E-state index is -0.590. The fraction of sp³-hybridized carbons (Fsp3) is 0. The third-order valence-corrected chi connectivity index (χ3v) is 2.60. The van der Waals surface area contributed by atoms with Crippen molar-refractivity contribution < 1.29 is 9.18 Å². The van der Waals surface area contributed by atoms with Crippen molar-refractivity contribution in [2.24, 2.45) is 0 Å². The van der Waals surface area contributed by atoms with E-state index in [1.165, 1.54) is 12.1 Å². The van der Waals surface area contributed by atoms with Crippen LogP contribution in [-0.2, 0) is 0 Å². The van der Waals surface area contributed by atoms with E-state index in [2.05, 4.69) is 10.6 Å². The van der Waals surface area contributed by atoms with Crippen molar-refractivity contribution in [1.29, 1.82) is 10.5 Å². The number of rotatable bonds is 2. The van der Waals surface area contributed by atoms with Crippen molar-refractivity contribution >= 4 is 17.4 Å². The van der Waals surface area contributed by atoms with Gasteiger partial charge in [0.1, 0.15) is 11.9 Å². The predicted octanol–water partition coefficient (Wildman–Crippen LogP) is 3.21.